The van der Waals surface area contributed by atoms with E-state index < -0.39 is 0 Å². The van der Waals surface area contributed by atoms with Gasteiger partial charge in [0.1, 0.15) is 16.2 Å². The van der Waals surface area contributed by atoms with E-state index >= 15 is 0 Å². The predicted octanol–water partition coefficient (Wildman–Crippen LogP) is 2.03. The van der Waals surface area contributed by atoms with Gasteiger partial charge in [0.15, 0.2) is 0 Å². The molecule has 20 heavy (non-hydrogen) atoms. The molecule has 1 unspecified atom stereocenters. The molecule has 3 rings (SSSR count). The number of hydrogen-bond donors (Lipinski definition) is 3. The van der Waals surface area contributed by atoms with Crippen LogP contribution in [0.1, 0.15) is 25.7 Å². The molecule has 3 heterocycles. The van der Waals surface area contributed by atoms with Crippen molar-refractivity contribution < 1.29 is 0 Å². The fraction of sp³-hybridized carbons (Fsp3) is 0.308. The molecule has 0 spiro atoms. The molecule has 0 radical (unpaired) electrons. The van der Waals surface area contributed by atoms with Crippen LogP contribution in [0.5, 0.6) is 0 Å². The van der Waals surface area contributed by atoms with Crippen molar-refractivity contribution in [1.82, 2.24) is 20.2 Å². The van der Waals surface area contributed by atoms with Gasteiger partial charge in [0.25, 0.3) is 5.56 Å². The fourth-order valence-electron chi connectivity index (χ4n) is 1.96. The summed E-state index contributed by atoms with van der Waals surface area (Å²) in [6.45, 7) is 4.00. The van der Waals surface area contributed by atoms with Gasteiger partial charge < -0.3 is 10.7 Å². The zero-order valence-corrected chi connectivity index (χ0v) is 12.0. The van der Waals surface area contributed by atoms with Crippen molar-refractivity contribution in [2.45, 2.75) is 19.9 Å². The lowest BCUT2D eigenvalue weighted by Crippen LogP contribution is -2.23. The molecular weight excluding hydrogens is 274 g/mol. The summed E-state index contributed by atoms with van der Waals surface area (Å²) in [4.78, 5) is 20.3. The Morgan fingerprint density at radius 1 is 1.40 bits per heavy atom. The third-order valence-electron chi connectivity index (χ3n) is 3.19. The Kier molecular flexibility index (Phi) is 3.15. The first-order chi connectivity index (χ1) is 9.56. The third kappa shape index (κ3) is 2.14. The molecule has 0 aliphatic carbocycles. The maximum atomic E-state index is 12.1. The summed E-state index contributed by atoms with van der Waals surface area (Å²) in [5.74, 6) is 0.740. The van der Waals surface area contributed by atoms with Gasteiger partial charge in [-0.1, -0.05) is 13.8 Å². The predicted molar refractivity (Wildman–Crippen MR) is 79.6 cm³/mol. The van der Waals surface area contributed by atoms with Crippen molar-refractivity contribution in [2.24, 2.45) is 11.7 Å². The van der Waals surface area contributed by atoms with E-state index in [0.717, 1.165) is 10.6 Å². The highest BCUT2D eigenvalue weighted by molar-refractivity contribution is 7.22. The molecule has 0 saturated carbocycles. The summed E-state index contributed by atoms with van der Waals surface area (Å²) in [6, 6.07) is 3.46. The molecule has 0 saturated heterocycles. The van der Waals surface area contributed by atoms with E-state index in [1.165, 1.54) is 11.3 Å². The average molecular weight is 289 g/mol. The number of thiophene rings is 1. The molecular formula is C13H15N5OS. The Morgan fingerprint density at radius 3 is 2.85 bits per heavy atom. The summed E-state index contributed by atoms with van der Waals surface area (Å²) in [7, 11) is 0. The number of aromatic amines is 2. The molecule has 0 fully saturated rings. The smallest absolute Gasteiger partial charge is 0.268 e. The Bertz CT molecular complexity index is 787. The summed E-state index contributed by atoms with van der Waals surface area (Å²) in [6.07, 6.45) is 1.75. The van der Waals surface area contributed by atoms with Crippen LogP contribution in [0.3, 0.4) is 0 Å². The van der Waals surface area contributed by atoms with Crippen molar-refractivity contribution in [3.05, 3.63) is 34.5 Å². The van der Waals surface area contributed by atoms with Gasteiger partial charge in [-0.3, -0.25) is 9.89 Å². The summed E-state index contributed by atoms with van der Waals surface area (Å²) < 4.78 is 0.600. The van der Waals surface area contributed by atoms with Crippen LogP contribution in [-0.2, 0) is 0 Å². The van der Waals surface area contributed by atoms with E-state index in [4.69, 9.17) is 5.73 Å². The minimum Gasteiger partial charge on any atom is -0.321 e. The third-order valence-corrected chi connectivity index (χ3v) is 4.33. The van der Waals surface area contributed by atoms with Gasteiger partial charge in [-0.25, -0.2) is 4.98 Å². The highest BCUT2D eigenvalue weighted by Crippen LogP contribution is 2.29. The lowest BCUT2D eigenvalue weighted by Gasteiger charge is -2.13. The second-order valence-corrected chi connectivity index (χ2v) is 6.06. The lowest BCUT2D eigenvalue weighted by molar-refractivity contribution is 0.491. The fourth-order valence-corrected chi connectivity index (χ4v) is 2.92. The van der Waals surface area contributed by atoms with Crippen molar-refractivity contribution in [2.75, 3.05) is 0 Å². The van der Waals surface area contributed by atoms with Gasteiger partial charge in [-0.05, 0) is 18.1 Å². The summed E-state index contributed by atoms with van der Waals surface area (Å²) in [5.41, 5.74) is 7.38. The zero-order valence-electron chi connectivity index (χ0n) is 11.2. The highest BCUT2D eigenvalue weighted by atomic mass is 32.1. The average Bonchev–Trinajstić information content (AvgIpc) is 3.05. The molecule has 0 amide bonds. The van der Waals surface area contributed by atoms with Gasteiger partial charge in [0.2, 0.25) is 0 Å². The van der Waals surface area contributed by atoms with Crippen LogP contribution >= 0.6 is 11.3 Å². The van der Waals surface area contributed by atoms with E-state index in [0.29, 0.717) is 16.0 Å². The normalized spacial score (nSPS) is 13.2. The first-order valence-electron chi connectivity index (χ1n) is 6.35. The number of fused-ring (bicyclic) bond motifs is 1. The maximum Gasteiger partial charge on any atom is 0.268 e. The molecule has 4 N–H and O–H groups in total. The molecule has 0 aliphatic heterocycles. The molecule has 0 aliphatic rings. The van der Waals surface area contributed by atoms with E-state index in [9.17, 15) is 4.79 Å². The molecule has 7 heteroatoms. The molecule has 3 aromatic rings. The zero-order chi connectivity index (χ0) is 14.3. The van der Waals surface area contributed by atoms with E-state index in [2.05, 4.69) is 20.2 Å². The molecule has 6 nitrogen and oxygen atoms in total. The number of rotatable bonds is 3. The Hall–Kier alpha value is -1.99. The molecule has 0 aromatic carbocycles. The summed E-state index contributed by atoms with van der Waals surface area (Å²) >= 11 is 1.38. The number of hydrogen-bond acceptors (Lipinski definition) is 5. The van der Waals surface area contributed by atoms with Crippen LogP contribution < -0.4 is 11.3 Å². The maximum absolute atomic E-state index is 12.1. The van der Waals surface area contributed by atoms with Crippen molar-refractivity contribution in [1.29, 1.82) is 0 Å². The van der Waals surface area contributed by atoms with Crippen LogP contribution in [0.15, 0.2) is 23.1 Å². The lowest BCUT2D eigenvalue weighted by atomic mass is 10.1. The number of nitrogens with one attached hydrogen (secondary N) is 2. The summed E-state index contributed by atoms with van der Waals surface area (Å²) in [5, 5.41) is 6.88. The monoisotopic (exact) mass is 289 g/mol. The van der Waals surface area contributed by atoms with Crippen LogP contribution in [0.25, 0.3) is 20.8 Å². The van der Waals surface area contributed by atoms with Crippen LogP contribution in [0.4, 0.5) is 0 Å². The molecule has 0 bridgehead atoms. The standard InChI is InChI=1S/C13H15N5OS/c1-6(2)10(14)12-16-8-5-9(7-3-4-15-18-7)20-11(8)13(19)17-12/h3-6,10H,14H2,1-2H3,(H,15,18)(H,16,17,19). The Labute approximate surface area is 119 Å². The van der Waals surface area contributed by atoms with Gasteiger partial charge >= 0.3 is 0 Å². The molecule has 1 atom stereocenters. The molecule has 3 aromatic heterocycles. The van der Waals surface area contributed by atoms with Crippen molar-refractivity contribution in [3.63, 3.8) is 0 Å². The van der Waals surface area contributed by atoms with E-state index in [1.54, 1.807) is 6.20 Å². The topological polar surface area (TPSA) is 100 Å². The highest BCUT2D eigenvalue weighted by Gasteiger charge is 2.16. The van der Waals surface area contributed by atoms with Crippen LogP contribution in [0.2, 0.25) is 0 Å². The van der Waals surface area contributed by atoms with E-state index in [-0.39, 0.29) is 17.5 Å². The number of aromatic nitrogens is 4. The van der Waals surface area contributed by atoms with Gasteiger partial charge in [-0.2, -0.15) is 5.10 Å². The largest absolute Gasteiger partial charge is 0.321 e. The van der Waals surface area contributed by atoms with E-state index in [1.807, 2.05) is 26.0 Å². The Morgan fingerprint density at radius 2 is 2.20 bits per heavy atom. The van der Waals surface area contributed by atoms with Gasteiger partial charge in [0, 0.05) is 6.20 Å². The first kappa shape index (κ1) is 13.0. The number of H-pyrrole nitrogens is 2. The van der Waals surface area contributed by atoms with Gasteiger partial charge in [-0.15, -0.1) is 11.3 Å². The first-order valence-corrected chi connectivity index (χ1v) is 7.17. The van der Waals surface area contributed by atoms with Crippen molar-refractivity contribution >= 4 is 21.6 Å². The quantitative estimate of drug-likeness (QED) is 0.686. The Balaban J connectivity index is 2.15. The number of nitrogens with zero attached hydrogens (tertiary/aromatic N) is 2. The minimum absolute atomic E-state index is 0.145. The SMILES string of the molecule is CC(C)C(N)c1nc2cc(-c3cc[nH]n3)sc2c(=O)[nH]1. The van der Waals surface area contributed by atoms with Crippen molar-refractivity contribution in [3.8, 4) is 10.6 Å². The minimum atomic E-state index is -0.277. The molecule has 104 valence electrons. The van der Waals surface area contributed by atoms with Crippen LogP contribution in [-0.4, -0.2) is 20.2 Å². The van der Waals surface area contributed by atoms with Crippen LogP contribution in [0, 0.1) is 5.92 Å². The number of nitrogens with two attached hydrogens (primary N) is 1. The second-order valence-electron chi connectivity index (χ2n) is 5.01. The second kappa shape index (κ2) is 4.84. The van der Waals surface area contributed by atoms with Gasteiger partial charge in [0.05, 0.1) is 16.4 Å².